The lowest BCUT2D eigenvalue weighted by molar-refractivity contribution is 0.0447. The van der Waals surface area contributed by atoms with E-state index >= 15 is 0 Å². The molecule has 1 atom stereocenters. The van der Waals surface area contributed by atoms with Crippen LogP contribution in [0.25, 0.3) is 5.65 Å². The third kappa shape index (κ3) is 3.58. The van der Waals surface area contributed by atoms with Gasteiger partial charge in [0.1, 0.15) is 16.9 Å². The highest BCUT2D eigenvalue weighted by atomic mass is 16.7. The lowest BCUT2D eigenvalue weighted by atomic mass is 9.79. The first-order valence-electron chi connectivity index (χ1n) is 11.6. The number of ether oxygens (including phenoxy) is 1. The second kappa shape index (κ2) is 7.93. The van der Waals surface area contributed by atoms with Gasteiger partial charge in [-0.1, -0.05) is 0 Å². The largest absolute Gasteiger partial charge is 0.484 e. The SMILES string of the molecule is C[C@@]1(CO)Cc2cc(NC(=O)c3cnn4cccnc34)c(N3CCC4(CC3)CNOC4)cc2O1. The number of hydroxylamine groups is 1. The van der Waals surface area contributed by atoms with Gasteiger partial charge in [-0.25, -0.2) is 15.0 Å². The molecule has 6 rings (SSSR count). The summed E-state index contributed by atoms with van der Waals surface area (Å²) in [6.07, 6.45) is 7.51. The number of aliphatic hydroxyl groups is 1. The van der Waals surface area contributed by atoms with E-state index in [9.17, 15) is 9.90 Å². The zero-order chi connectivity index (χ0) is 23.3. The summed E-state index contributed by atoms with van der Waals surface area (Å²) in [4.78, 5) is 25.3. The molecule has 34 heavy (non-hydrogen) atoms. The zero-order valence-electron chi connectivity index (χ0n) is 19.1. The zero-order valence-corrected chi connectivity index (χ0v) is 19.1. The molecule has 10 nitrogen and oxygen atoms in total. The number of hydrogen-bond acceptors (Lipinski definition) is 8. The molecule has 0 bridgehead atoms. The van der Waals surface area contributed by atoms with Crippen molar-refractivity contribution in [3.05, 3.63) is 47.9 Å². The standard InChI is InChI=1S/C24H28N6O4/c1-23(14-31)11-16-9-18(28-22(32)17-12-26-30-6-2-5-25-21(17)30)19(10-20(16)34-23)29-7-3-24(4-8-29)13-27-33-15-24/h2,5-6,9-10,12,27,31H,3-4,7-8,11,13-15H2,1H3,(H,28,32)/t23-/m0/s1. The minimum Gasteiger partial charge on any atom is -0.484 e. The molecule has 1 spiro atoms. The van der Waals surface area contributed by atoms with Crippen LogP contribution in [0.2, 0.25) is 0 Å². The van der Waals surface area contributed by atoms with E-state index < -0.39 is 5.60 Å². The van der Waals surface area contributed by atoms with Gasteiger partial charge in [-0.2, -0.15) is 5.10 Å². The Morgan fingerprint density at radius 1 is 1.32 bits per heavy atom. The maximum Gasteiger partial charge on any atom is 0.261 e. The van der Waals surface area contributed by atoms with Crippen molar-refractivity contribution in [2.45, 2.75) is 31.8 Å². The third-order valence-corrected chi connectivity index (χ3v) is 7.30. The first-order chi connectivity index (χ1) is 16.5. The topological polar surface area (TPSA) is 113 Å². The molecule has 0 unspecified atom stereocenters. The number of carbonyl (C=O) groups is 1. The van der Waals surface area contributed by atoms with Gasteiger partial charge >= 0.3 is 0 Å². The lowest BCUT2D eigenvalue weighted by Gasteiger charge is -2.39. The summed E-state index contributed by atoms with van der Waals surface area (Å²) in [6.45, 7) is 5.12. The van der Waals surface area contributed by atoms with Crippen LogP contribution in [-0.2, 0) is 11.3 Å². The molecular weight excluding hydrogens is 436 g/mol. The van der Waals surface area contributed by atoms with Gasteiger partial charge in [-0.3, -0.25) is 4.79 Å². The predicted octanol–water partition coefficient (Wildman–Crippen LogP) is 1.79. The van der Waals surface area contributed by atoms with Crippen LogP contribution in [0, 0.1) is 5.41 Å². The molecule has 2 aromatic heterocycles. The average Bonchev–Trinajstić information content (AvgIpc) is 3.56. The fourth-order valence-corrected chi connectivity index (χ4v) is 5.18. The lowest BCUT2D eigenvalue weighted by Crippen LogP contribution is -2.42. The predicted molar refractivity (Wildman–Crippen MR) is 125 cm³/mol. The number of fused-ring (bicyclic) bond motifs is 2. The Labute approximate surface area is 196 Å². The average molecular weight is 465 g/mol. The maximum atomic E-state index is 13.3. The van der Waals surface area contributed by atoms with Gasteiger partial charge in [0.25, 0.3) is 5.91 Å². The van der Waals surface area contributed by atoms with Crippen LogP contribution in [0.3, 0.4) is 0 Å². The molecule has 0 aliphatic carbocycles. The summed E-state index contributed by atoms with van der Waals surface area (Å²) in [5.74, 6) is 0.494. The summed E-state index contributed by atoms with van der Waals surface area (Å²) in [6, 6.07) is 5.75. The minimum atomic E-state index is -0.659. The van der Waals surface area contributed by atoms with Crippen LogP contribution >= 0.6 is 0 Å². The van der Waals surface area contributed by atoms with Gasteiger partial charge in [-0.15, -0.1) is 0 Å². The number of nitrogens with one attached hydrogen (secondary N) is 2. The van der Waals surface area contributed by atoms with E-state index in [4.69, 9.17) is 9.57 Å². The number of rotatable bonds is 4. The number of hydrogen-bond donors (Lipinski definition) is 3. The Morgan fingerprint density at radius 2 is 2.18 bits per heavy atom. The van der Waals surface area contributed by atoms with Crippen molar-refractivity contribution in [3.8, 4) is 5.75 Å². The molecule has 0 saturated carbocycles. The number of benzene rings is 1. The highest BCUT2D eigenvalue weighted by Gasteiger charge is 2.40. The number of carbonyl (C=O) groups excluding carboxylic acids is 1. The van der Waals surface area contributed by atoms with Crippen LogP contribution in [0.1, 0.15) is 35.7 Å². The van der Waals surface area contributed by atoms with E-state index in [1.165, 1.54) is 6.20 Å². The summed E-state index contributed by atoms with van der Waals surface area (Å²) in [7, 11) is 0. The Kier molecular flexibility index (Phi) is 4.98. The highest BCUT2D eigenvalue weighted by Crippen LogP contribution is 2.44. The summed E-state index contributed by atoms with van der Waals surface area (Å²) < 4.78 is 7.70. The molecule has 10 heteroatoms. The van der Waals surface area contributed by atoms with E-state index in [0.717, 1.165) is 61.8 Å². The molecule has 2 saturated heterocycles. The van der Waals surface area contributed by atoms with Crippen molar-refractivity contribution < 1.29 is 19.5 Å². The second-order valence-electron chi connectivity index (χ2n) is 9.86. The Hall–Kier alpha value is -3.21. The van der Waals surface area contributed by atoms with Gasteiger partial charge in [0.05, 0.1) is 30.8 Å². The van der Waals surface area contributed by atoms with Crippen LogP contribution in [0.5, 0.6) is 5.75 Å². The van der Waals surface area contributed by atoms with Crippen molar-refractivity contribution in [2.24, 2.45) is 5.41 Å². The van der Waals surface area contributed by atoms with Crippen molar-refractivity contribution >= 4 is 22.9 Å². The van der Waals surface area contributed by atoms with E-state index in [2.05, 4.69) is 25.8 Å². The highest BCUT2D eigenvalue weighted by molar-refractivity contribution is 6.09. The van der Waals surface area contributed by atoms with Crippen LogP contribution < -0.4 is 20.4 Å². The smallest absolute Gasteiger partial charge is 0.261 e. The second-order valence-corrected chi connectivity index (χ2v) is 9.86. The molecule has 3 aliphatic heterocycles. The van der Waals surface area contributed by atoms with Crippen LogP contribution in [0.15, 0.2) is 36.8 Å². The normalized spacial score (nSPS) is 23.3. The Morgan fingerprint density at radius 3 is 2.94 bits per heavy atom. The number of piperidine rings is 1. The molecule has 2 fully saturated rings. The first-order valence-corrected chi connectivity index (χ1v) is 11.6. The summed E-state index contributed by atoms with van der Waals surface area (Å²) in [5, 5.41) is 17.2. The van der Waals surface area contributed by atoms with Crippen molar-refractivity contribution in [2.75, 3.05) is 43.1 Å². The third-order valence-electron chi connectivity index (χ3n) is 7.30. The molecule has 5 heterocycles. The molecule has 178 valence electrons. The van der Waals surface area contributed by atoms with Crippen molar-refractivity contribution in [1.82, 2.24) is 20.1 Å². The van der Waals surface area contributed by atoms with Gasteiger partial charge < -0.3 is 24.9 Å². The van der Waals surface area contributed by atoms with Gasteiger partial charge in [0.2, 0.25) is 0 Å². The fourth-order valence-electron chi connectivity index (χ4n) is 5.18. The summed E-state index contributed by atoms with van der Waals surface area (Å²) in [5.41, 5.74) is 6.06. The molecular formula is C24H28N6O4. The van der Waals surface area contributed by atoms with Crippen LogP contribution in [-0.4, -0.2) is 64.1 Å². The minimum absolute atomic E-state index is 0.0774. The number of aromatic nitrogens is 3. The molecule has 3 N–H and O–H groups in total. The molecule has 3 aliphatic rings. The molecule has 1 amide bonds. The Balaban J connectivity index is 1.33. The van der Waals surface area contributed by atoms with Crippen LogP contribution in [0.4, 0.5) is 11.4 Å². The summed E-state index contributed by atoms with van der Waals surface area (Å²) >= 11 is 0. The van der Waals surface area contributed by atoms with Gasteiger partial charge in [-0.05, 0) is 31.9 Å². The van der Waals surface area contributed by atoms with Crippen molar-refractivity contribution in [3.63, 3.8) is 0 Å². The van der Waals surface area contributed by atoms with Gasteiger partial charge in [0, 0.05) is 55.5 Å². The number of aliphatic hydroxyl groups excluding tert-OH is 1. The molecule has 3 aromatic rings. The van der Waals surface area contributed by atoms with E-state index in [1.807, 2.05) is 19.1 Å². The fraction of sp³-hybridized carbons (Fsp3) is 0.458. The van der Waals surface area contributed by atoms with E-state index in [0.29, 0.717) is 17.6 Å². The van der Waals surface area contributed by atoms with Gasteiger partial charge in [0.15, 0.2) is 5.65 Å². The van der Waals surface area contributed by atoms with E-state index in [-0.39, 0.29) is 17.9 Å². The quantitative estimate of drug-likeness (QED) is 0.536. The van der Waals surface area contributed by atoms with Crippen molar-refractivity contribution in [1.29, 1.82) is 0 Å². The first kappa shape index (κ1) is 21.3. The number of amides is 1. The monoisotopic (exact) mass is 464 g/mol. The Bertz CT molecular complexity index is 1240. The van der Waals surface area contributed by atoms with E-state index in [1.54, 1.807) is 23.0 Å². The molecule has 1 aromatic carbocycles. The molecule has 0 radical (unpaired) electrons. The number of nitrogens with zero attached hydrogens (tertiary/aromatic N) is 4. The number of anilines is 2. The maximum absolute atomic E-state index is 13.3.